The molecule has 3 N–H and O–H groups in total. The third kappa shape index (κ3) is 3.02. The van der Waals surface area contributed by atoms with E-state index < -0.39 is 17.8 Å². The van der Waals surface area contributed by atoms with Crippen LogP contribution >= 0.6 is 0 Å². The minimum absolute atomic E-state index is 0.260. The van der Waals surface area contributed by atoms with Crippen molar-refractivity contribution in [3.63, 3.8) is 0 Å². The molecule has 0 aliphatic carbocycles. The van der Waals surface area contributed by atoms with Crippen LogP contribution in [0, 0.1) is 5.82 Å². The van der Waals surface area contributed by atoms with Gasteiger partial charge >= 0.3 is 5.97 Å². The zero-order valence-electron chi connectivity index (χ0n) is 8.53. The van der Waals surface area contributed by atoms with Crippen LogP contribution < -0.4 is 5.73 Å². The first-order valence-electron chi connectivity index (χ1n) is 4.80. The first kappa shape index (κ1) is 11.7. The zero-order valence-corrected chi connectivity index (χ0v) is 8.53. The first-order valence-corrected chi connectivity index (χ1v) is 4.80. The monoisotopic (exact) mass is 211 g/mol. The van der Waals surface area contributed by atoms with Gasteiger partial charge < -0.3 is 10.8 Å². The number of aryl methyl sites for hydroxylation is 1. The molecule has 0 bridgehead atoms. The molecule has 0 fully saturated rings. The molecule has 82 valence electrons. The van der Waals surface area contributed by atoms with Crippen molar-refractivity contribution in [3.05, 3.63) is 35.1 Å². The lowest BCUT2D eigenvalue weighted by atomic mass is 10.0. The Kier molecular flexibility index (Phi) is 3.80. The summed E-state index contributed by atoms with van der Waals surface area (Å²) >= 11 is 0. The highest BCUT2D eigenvalue weighted by Gasteiger charge is 2.14. The number of benzene rings is 1. The second-order valence-electron chi connectivity index (χ2n) is 3.41. The van der Waals surface area contributed by atoms with Gasteiger partial charge in [-0.15, -0.1) is 0 Å². The molecule has 4 heteroatoms. The second-order valence-corrected chi connectivity index (χ2v) is 3.41. The Bertz CT molecular complexity index is 366. The van der Waals surface area contributed by atoms with Crippen molar-refractivity contribution < 1.29 is 14.3 Å². The van der Waals surface area contributed by atoms with Crippen LogP contribution in [0.5, 0.6) is 0 Å². The van der Waals surface area contributed by atoms with Crippen molar-refractivity contribution in [1.82, 2.24) is 0 Å². The number of carboxylic acids is 1. The van der Waals surface area contributed by atoms with Gasteiger partial charge in [0.2, 0.25) is 0 Å². The Morgan fingerprint density at radius 2 is 2.27 bits per heavy atom. The van der Waals surface area contributed by atoms with E-state index >= 15 is 0 Å². The summed E-state index contributed by atoms with van der Waals surface area (Å²) < 4.78 is 13.3. The Balaban J connectivity index is 2.95. The van der Waals surface area contributed by atoms with Crippen LogP contribution in [0.4, 0.5) is 4.39 Å². The molecular weight excluding hydrogens is 197 g/mol. The van der Waals surface area contributed by atoms with E-state index in [0.717, 1.165) is 12.0 Å². The molecule has 1 rings (SSSR count). The topological polar surface area (TPSA) is 63.3 Å². The highest BCUT2D eigenvalue weighted by molar-refractivity contribution is 5.67. The van der Waals surface area contributed by atoms with Gasteiger partial charge in [0.1, 0.15) is 5.82 Å². The molecule has 0 amide bonds. The largest absolute Gasteiger partial charge is 0.481 e. The van der Waals surface area contributed by atoms with E-state index in [-0.39, 0.29) is 12.0 Å². The SMILES string of the molecule is CCc1ccc(F)c(C(N)CC(=O)O)c1. The maximum Gasteiger partial charge on any atom is 0.305 e. The highest BCUT2D eigenvalue weighted by Crippen LogP contribution is 2.19. The van der Waals surface area contributed by atoms with Gasteiger partial charge in [0.05, 0.1) is 6.42 Å². The summed E-state index contributed by atoms with van der Waals surface area (Å²) in [7, 11) is 0. The summed E-state index contributed by atoms with van der Waals surface area (Å²) in [6.45, 7) is 1.94. The van der Waals surface area contributed by atoms with Crippen LogP contribution in [0.2, 0.25) is 0 Å². The van der Waals surface area contributed by atoms with Crippen LogP contribution in [-0.4, -0.2) is 11.1 Å². The number of aliphatic carboxylic acids is 1. The van der Waals surface area contributed by atoms with Crippen molar-refractivity contribution in [2.75, 3.05) is 0 Å². The molecule has 3 nitrogen and oxygen atoms in total. The number of carboxylic acid groups (broad SMARTS) is 1. The number of carbonyl (C=O) groups is 1. The van der Waals surface area contributed by atoms with Crippen molar-refractivity contribution >= 4 is 5.97 Å². The normalized spacial score (nSPS) is 12.5. The van der Waals surface area contributed by atoms with E-state index in [1.807, 2.05) is 6.92 Å². The zero-order chi connectivity index (χ0) is 11.4. The lowest BCUT2D eigenvalue weighted by molar-refractivity contribution is -0.137. The van der Waals surface area contributed by atoms with Crippen LogP contribution in [0.15, 0.2) is 18.2 Å². The number of hydrogen-bond donors (Lipinski definition) is 2. The van der Waals surface area contributed by atoms with Gasteiger partial charge in [0, 0.05) is 11.6 Å². The average molecular weight is 211 g/mol. The lowest BCUT2D eigenvalue weighted by Crippen LogP contribution is -2.16. The fraction of sp³-hybridized carbons (Fsp3) is 0.364. The number of nitrogens with two attached hydrogens (primary N) is 1. The summed E-state index contributed by atoms with van der Waals surface area (Å²) in [6.07, 6.45) is 0.511. The fourth-order valence-corrected chi connectivity index (χ4v) is 1.40. The second kappa shape index (κ2) is 4.89. The number of halogens is 1. The summed E-state index contributed by atoms with van der Waals surface area (Å²) in [5.74, 6) is -1.47. The van der Waals surface area contributed by atoms with Gasteiger partial charge in [-0.3, -0.25) is 4.79 Å². The van der Waals surface area contributed by atoms with E-state index in [1.165, 1.54) is 6.07 Å². The van der Waals surface area contributed by atoms with E-state index in [4.69, 9.17) is 10.8 Å². The van der Waals surface area contributed by atoms with Crippen LogP contribution in [0.1, 0.15) is 30.5 Å². The minimum atomic E-state index is -1.02. The molecule has 0 radical (unpaired) electrons. The molecule has 15 heavy (non-hydrogen) atoms. The van der Waals surface area contributed by atoms with Crippen molar-refractivity contribution in [2.45, 2.75) is 25.8 Å². The number of hydrogen-bond acceptors (Lipinski definition) is 2. The Labute approximate surface area is 87.7 Å². The minimum Gasteiger partial charge on any atom is -0.481 e. The molecule has 0 saturated heterocycles. The maximum absolute atomic E-state index is 13.3. The van der Waals surface area contributed by atoms with E-state index in [1.54, 1.807) is 12.1 Å². The molecule has 1 aromatic rings. The quantitative estimate of drug-likeness (QED) is 0.799. The summed E-state index contributed by atoms with van der Waals surface area (Å²) in [4.78, 5) is 10.4. The average Bonchev–Trinajstić information content (AvgIpc) is 2.17. The third-order valence-electron chi connectivity index (χ3n) is 2.26. The highest BCUT2D eigenvalue weighted by atomic mass is 19.1. The lowest BCUT2D eigenvalue weighted by Gasteiger charge is -2.11. The van der Waals surface area contributed by atoms with Gasteiger partial charge in [0.25, 0.3) is 0 Å². The van der Waals surface area contributed by atoms with Crippen molar-refractivity contribution in [3.8, 4) is 0 Å². The van der Waals surface area contributed by atoms with Crippen LogP contribution in [0.25, 0.3) is 0 Å². The van der Waals surface area contributed by atoms with Crippen LogP contribution in [0.3, 0.4) is 0 Å². The molecule has 1 atom stereocenters. The molecule has 0 heterocycles. The van der Waals surface area contributed by atoms with Gasteiger partial charge in [0.15, 0.2) is 0 Å². The number of rotatable bonds is 4. The predicted molar refractivity (Wildman–Crippen MR) is 55.0 cm³/mol. The smallest absolute Gasteiger partial charge is 0.305 e. The Morgan fingerprint density at radius 1 is 1.60 bits per heavy atom. The van der Waals surface area contributed by atoms with E-state index in [2.05, 4.69) is 0 Å². The summed E-state index contributed by atoms with van der Waals surface area (Å²) in [6, 6.07) is 3.85. The van der Waals surface area contributed by atoms with Crippen LogP contribution in [-0.2, 0) is 11.2 Å². The molecule has 0 aromatic heterocycles. The van der Waals surface area contributed by atoms with Gasteiger partial charge in [-0.1, -0.05) is 19.1 Å². The predicted octanol–water partition coefficient (Wildman–Crippen LogP) is 1.86. The molecule has 0 spiro atoms. The van der Waals surface area contributed by atoms with Gasteiger partial charge in [-0.2, -0.15) is 0 Å². The molecule has 1 aromatic carbocycles. The molecular formula is C11H14FNO2. The Hall–Kier alpha value is -1.42. The molecule has 0 aliphatic heterocycles. The summed E-state index contributed by atoms with van der Waals surface area (Å²) in [5, 5.41) is 8.56. The van der Waals surface area contributed by atoms with Crippen molar-refractivity contribution in [2.24, 2.45) is 5.73 Å². The van der Waals surface area contributed by atoms with Gasteiger partial charge in [-0.25, -0.2) is 4.39 Å². The maximum atomic E-state index is 13.3. The molecule has 1 unspecified atom stereocenters. The van der Waals surface area contributed by atoms with E-state index in [0.29, 0.717) is 0 Å². The molecule has 0 saturated carbocycles. The van der Waals surface area contributed by atoms with Crippen molar-refractivity contribution in [1.29, 1.82) is 0 Å². The fourth-order valence-electron chi connectivity index (χ4n) is 1.40. The molecule has 0 aliphatic rings. The van der Waals surface area contributed by atoms with E-state index in [9.17, 15) is 9.18 Å². The standard InChI is InChI=1S/C11H14FNO2/c1-2-7-3-4-9(12)8(5-7)10(13)6-11(14)15/h3-5,10H,2,6,13H2,1H3,(H,14,15). The summed E-state index contributed by atoms with van der Waals surface area (Å²) in [5.41, 5.74) is 6.83. The third-order valence-corrected chi connectivity index (χ3v) is 2.26. The van der Waals surface area contributed by atoms with Gasteiger partial charge in [-0.05, 0) is 18.1 Å². The Morgan fingerprint density at radius 3 is 2.80 bits per heavy atom. The first-order chi connectivity index (χ1) is 7.04.